The summed E-state index contributed by atoms with van der Waals surface area (Å²) in [7, 11) is -4.19. The Labute approximate surface area is 294 Å². The van der Waals surface area contributed by atoms with Gasteiger partial charge in [0.1, 0.15) is 12.6 Å². The molecule has 48 heavy (non-hydrogen) atoms. The van der Waals surface area contributed by atoms with Crippen LogP contribution in [0.15, 0.2) is 102 Å². The van der Waals surface area contributed by atoms with Gasteiger partial charge < -0.3 is 10.2 Å². The van der Waals surface area contributed by atoms with Crippen LogP contribution in [0.2, 0.25) is 10.0 Å². The molecule has 0 saturated carbocycles. The number of rotatable bonds is 15. The van der Waals surface area contributed by atoms with Crippen molar-refractivity contribution in [3.63, 3.8) is 0 Å². The Hall–Kier alpha value is -3.85. The van der Waals surface area contributed by atoms with Crippen molar-refractivity contribution in [1.29, 1.82) is 0 Å². The lowest BCUT2D eigenvalue weighted by Gasteiger charge is -2.34. The molecule has 254 valence electrons. The molecule has 1 atom stereocenters. The fourth-order valence-corrected chi connectivity index (χ4v) is 7.02. The molecule has 0 fully saturated rings. The number of unbranched alkanes of at least 4 members (excludes halogenated alkanes) is 1. The van der Waals surface area contributed by atoms with Gasteiger partial charge in [0, 0.05) is 19.5 Å². The van der Waals surface area contributed by atoms with Crippen molar-refractivity contribution in [2.45, 2.75) is 70.4 Å². The number of carbonyl (C=O) groups is 2. The third kappa shape index (κ3) is 9.62. The first-order valence-corrected chi connectivity index (χ1v) is 18.3. The SMILES string of the molecule is CCCCNC(=O)[C@H](Cc1ccccc1)N(Cc1ccc(Cl)c(Cl)c1)C(=O)CN(c1ccc(C(C)C)cc1)S(=O)(=O)c1ccc(C)cc1. The second-order valence-corrected chi connectivity index (χ2v) is 14.9. The van der Waals surface area contributed by atoms with Crippen LogP contribution >= 0.6 is 23.2 Å². The number of hydrogen-bond donors (Lipinski definition) is 1. The van der Waals surface area contributed by atoms with E-state index in [1.807, 2.05) is 56.3 Å². The Morgan fingerprint density at radius 2 is 1.50 bits per heavy atom. The molecule has 7 nitrogen and oxygen atoms in total. The lowest BCUT2D eigenvalue weighted by molar-refractivity contribution is -0.140. The van der Waals surface area contributed by atoms with Crippen molar-refractivity contribution < 1.29 is 18.0 Å². The van der Waals surface area contributed by atoms with E-state index < -0.39 is 28.5 Å². The minimum atomic E-state index is -4.19. The van der Waals surface area contributed by atoms with Gasteiger partial charge in [0.2, 0.25) is 11.8 Å². The van der Waals surface area contributed by atoms with Crippen LogP contribution in [0.4, 0.5) is 5.69 Å². The number of benzene rings is 4. The standard InChI is InChI=1S/C38H43Cl2N3O4S/c1-5-6-22-41-38(45)36(24-29-10-8-7-9-11-29)42(25-30-14-21-34(39)35(40)23-30)37(44)26-43(32-17-15-31(16-18-32)27(2)3)48(46,47)33-19-12-28(4)13-20-33/h7-21,23,27,36H,5-6,22,24-26H2,1-4H3,(H,41,45)/t36-/m0/s1. The number of halogens is 2. The Balaban J connectivity index is 1.81. The summed E-state index contributed by atoms with van der Waals surface area (Å²) in [5.41, 5.74) is 3.78. The largest absolute Gasteiger partial charge is 0.354 e. The fraction of sp³-hybridized carbons (Fsp3) is 0.316. The van der Waals surface area contributed by atoms with Crippen LogP contribution in [0.5, 0.6) is 0 Å². The average Bonchev–Trinajstić information content (AvgIpc) is 3.07. The van der Waals surface area contributed by atoms with Crippen LogP contribution in [0.25, 0.3) is 0 Å². The number of hydrogen-bond acceptors (Lipinski definition) is 4. The second-order valence-electron chi connectivity index (χ2n) is 12.2. The smallest absolute Gasteiger partial charge is 0.264 e. The molecule has 0 aliphatic rings. The Bertz CT molecular complexity index is 1780. The predicted octanol–water partition coefficient (Wildman–Crippen LogP) is 8.18. The van der Waals surface area contributed by atoms with Gasteiger partial charge in [-0.2, -0.15) is 0 Å². The summed E-state index contributed by atoms with van der Waals surface area (Å²) in [6, 6.07) is 27.2. The second kappa shape index (κ2) is 17.0. The fourth-order valence-electron chi connectivity index (χ4n) is 5.29. The molecule has 4 aromatic rings. The third-order valence-electron chi connectivity index (χ3n) is 8.17. The van der Waals surface area contributed by atoms with Crippen molar-refractivity contribution >= 4 is 50.7 Å². The minimum absolute atomic E-state index is 0.000866. The first-order valence-electron chi connectivity index (χ1n) is 16.1. The molecule has 0 heterocycles. The molecular formula is C38H43Cl2N3O4S. The number of aryl methyl sites for hydroxylation is 1. The zero-order valence-electron chi connectivity index (χ0n) is 27.8. The van der Waals surface area contributed by atoms with E-state index in [4.69, 9.17) is 23.2 Å². The van der Waals surface area contributed by atoms with Crippen molar-refractivity contribution in [2.24, 2.45) is 0 Å². The quantitative estimate of drug-likeness (QED) is 0.126. The van der Waals surface area contributed by atoms with Crippen molar-refractivity contribution in [3.8, 4) is 0 Å². The van der Waals surface area contributed by atoms with Crippen molar-refractivity contribution in [2.75, 3.05) is 17.4 Å². The molecule has 0 aliphatic carbocycles. The van der Waals surface area contributed by atoms with Crippen molar-refractivity contribution in [3.05, 3.63) is 129 Å². The maximum absolute atomic E-state index is 14.6. The number of sulfonamides is 1. The molecular weight excluding hydrogens is 665 g/mol. The molecule has 0 aliphatic heterocycles. The first-order chi connectivity index (χ1) is 22.9. The van der Waals surface area contributed by atoms with E-state index in [0.29, 0.717) is 27.8 Å². The lowest BCUT2D eigenvalue weighted by Crippen LogP contribution is -2.53. The van der Waals surface area contributed by atoms with E-state index in [0.717, 1.165) is 33.8 Å². The van der Waals surface area contributed by atoms with E-state index in [-0.39, 0.29) is 29.7 Å². The van der Waals surface area contributed by atoms with Gasteiger partial charge in [0.25, 0.3) is 10.0 Å². The summed E-state index contributed by atoms with van der Waals surface area (Å²) < 4.78 is 29.7. The molecule has 0 saturated heterocycles. The van der Waals surface area contributed by atoms with Gasteiger partial charge in [-0.25, -0.2) is 8.42 Å². The van der Waals surface area contributed by atoms with Crippen LogP contribution in [-0.4, -0.2) is 44.3 Å². The summed E-state index contributed by atoms with van der Waals surface area (Å²) in [5.74, 6) is -0.638. The molecule has 0 radical (unpaired) electrons. The van der Waals surface area contributed by atoms with Crippen LogP contribution < -0.4 is 9.62 Å². The zero-order chi connectivity index (χ0) is 34.8. The molecule has 1 N–H and O–H groups in total. The number of anilines is 1. The van der Waals surface area contributed by atoms with E-state index in [2.05, 4.69) is 19.2 Å². The summed E-state index contributed by atoms with van der Waals surface area (Å²) in [6.07, 6.45) is 1.89. The molecule has 4 aromatic carbocycles. The highest BCUT2D eigenvalue weighted by atomic mass is 35.5. The minimum Gasteiger partial charge on any atom is -0.354 e. The van der Waals surface area contributed by atoms with E-state index >= 15 is 0 Å². The molecule has 10 heteroatoms. The zero-order valence-corrected chi connectivity index (χ0v) is 30.2. The van der Waals surface area contributed by atoms with Crippen molar-refractivity contribution in [1.82, 2.24) is 10.2 Å². The van der Waals surface area contributed by atoms with Gasteiger partial charge in [-0.3, -0.25) is 13.9 Å². The molecule has 2 amide bonds. The number of nitrogens with one attached hydrogen (secondary N) is 1. The molecule has 0 bridgehead atoms. The van der Waals surface area contributed by atoms with Crippen LogP contribution in [0.3, 0.4) is 0 Å². The lowest BCUT2D eigenvalue weighted by atomic mass is 10.0. The highest BCUT2D eigenvalue weighted by molar-refractivity contribution is 7.92. The summed E-state index contributed by atoms with van der Waals surface area (Å²) in [5, 5.41) is 3.66. The van der Waals surface area contributed by atoms with Crippen LogP contribution in [0.1, 0.15) is 61.8 Å². The summed E-state index contributed by atoms with van der Waals surface area (Å²) in [4.78, 5) is 30.1. The van der Waals surface area contributed by atoms with E-state index in [1.165, 1.54) is 17.0 Å². The highest BCUT2D eigenvalue weighted by Crippen LogP contribution is 2.28. The van der Waals surface area contributed by atoms with Gasteiger partial charge in [0.05, 0.1) is 20.6 Å². The first kappa shape index (κ1) is 37.0. The summed E-state index contributed by atoms with van der Waals surface area (Å²) >= 11 is 12.6. The van der Waals surface area contributed by atoms with E-state index in [1.54, 1.807) is 42.5 Å². The Kier molecular flexibility index (Phi) is 13.1. The predicted molar refractivity (Wildman–Crippen MR) is 195 cm³/mol. The summed E-state index contributed by atoms with van der Waals surface area (Å²) in [6.45, 7) is 7.93. The third-order valence-corrected chi connectivity index (χ3v) is 10.7. The van der Waals surface area contributed by atoms with Gasteiger partial charge >= 0.3 is 0 Å². The molecule has 0 unspecified atom stereocenters. The van der Waals surface area contributed by atoms with Crippen LogP contribution in [0, 0.1) is 6.92 Å². The number of amides is 2. The molecule has 0 spiro atoms. The van der Waals surface area contributed by atoms with Gasteiger partial charge in [-0.15, -0.1) is 0 Å². The maximum Gasteiger partial charge on any atom is 0.264 e. The van der Waals surface area contributed by atoms with Crippen LogP contribution in [-0.2, 0) is 32.6 Å². The average molecular weight is 709 g/mol. The van der Waals surface area contributed by atoms with Gasteiger partial charge in [-0.05, 0) is 72.4 Å². The highest BCUT2D eigenvalue weighted by Gasteiger charge is 2.34. The Morgan fingerprint density at radius 3 is 2.10 bits per heavy atom. The number of carbonyl (C=O) groups excluding carboxylic acids is 2. The van der Waals surface area contributed by atoms with Gasteiger partial charge in [-0.1, -0.05) is 117 Å². The maximum atomic E-state index is 14.6. The molecule has 0 aromatic heterocycles. The normalized spacial score (nSPS) is 12.1. The van der Waals surface area contributed by atoms with Gasteiger partial charge in [0.15, 0.2) is 0 Å². The van der Waals surface area contributed by atoms with E-state index in [9.17, 15) is 18.0 Å². The monoisotopic (exact) mass is 707 g/mol. The Morgan fingerprint density at radius 1 is 0.833 bits per heavy atom. The topological polar surface area (TPSA) is 86.8 Å². The number of nitrogens with zero attached hydrogens (tertiary/aromatic N) is 2. The molecule has 4 rings (SSSR count).